The van der Waals surface area contributed by atoms with Gasteiger partial charge in [0.1, 0.15) is 5.82 Å². The molecule has 0 bridgehead atoms. The summed E-state index contributed by atoms with van der Waals surface area (Å²) < 4.78 is 15.6. The van der Waals surface area contributed by atoms with Crippen LogP contribution in [0.15, 0.2) is 67.3 Å². The molecule has 26 heavy (non-hydrogen) atoms. The molecule has 1 unspecified atom stereocenters. The first-order valence-electron chi connectivity index (χ1n) is 8.57. The Kier molecular flexibility index (Phi) is 6.04. The molecule has 0 spiro atoms. The number of piperazine rings is 1. The summed E-state index contributed by atoms with van der Waals surface area (Å²) in [5.74, 6) is -0.173. The van der Waals surface area contributed by atoms with Crippen LogP contribution in [0.25, 0.3) is 5.69 Å². The molecule has 1 atom stereocenters. The summed E-state index contributed by atoms with van der Waals surface area (Å²) in [6.45, 7) is 3.60. The summed E-state index contributed by atoms with van der Waals surface area (Å²) >= 11 is 0. The van der Waals surface area contributed by atoms with E-state index in [2.05, 4.69) is 39.5 Å². The first kappa shape index (κ1) is 18.6. The molecule has 1 aliphatic rings. The molecule has 0 radical (unpaired) electrons. The van der Waals surface area contributed by atoms with Crippen LogP contribution in [-0.2, 0) is 6.54 Å². The number of aromatic nitrogens is 2. The minimum atomic E-state index is -0.173. The zero-order valence-electron chi connectivity index (χ0n) is 14.4. The summed E-state index contributed by atoms with van der Waals surface area (Å²) in [7, 11) is 0. The molecule has 0 aliphatic carbocycles. The summed E-state index contributed by atoms with van der Waals surface area (Å²) in [4.78, 5) is 6.50. The van der Waals surface area contributed by atoms with Crippen molar-refractivity contribution in [3.05, 3.63) is 84.2 Å². The molecule has 6 heteroatoms. The highest BCUT2D eigenvalue weighted by Gasteiger charge is 2.24. The average Bonchev–Trinajstić information content (AvgIpc) is 3.18. The lowest BCUT2D eigenvalue weighted by molar-refractivity contribution is 0.153. The molecule has 136 valence electrons. The third kappa shape index (κ3) is 4.12. The molecule has 2 heterocycles. The predicted molar refractivity (Wildman–Crippen MR) is 103 cm³/mol. The van der Waals surface area contributed by atoms with Crippen LogP contribution in [-0.4, -0.2) is 34.1 Å². The molecule has 1 aliphatic heterocycles. The van der Waals surface area contributed by atoms with E-state index >= 15 is 0 Å². The lowest BCUT2D eigenvalue weighted by atomic mass is 10.0. The highest BCUT2D eigenvalue weighted by atomic mass is 35.5. The van der Waals surface area contributed by atoms with Crippen molar-refractivity contribution in [1.29, 1.82) is 0 Å². The van der Waals surface area contributed by atoms with E-state index in [-0.39, 0.29) is 24.3 Å². The molecule has 4 rings (SSSR count). The molecule has 1 N–H and O–H groups in total. The summed E-state index contributed by atoms with van der Waals surface area (Å²) in [6.07, 6.45) is 5.51. The van der Waals surface area contributed by atoms with E-state index in [1.165, 1.54) is 11.6 Å². The number of halogens is 2. The van der Waals surface area contributed by atoms with Crippen LogP contribution in [0.5, 0.6) is 0 Å². The van der Waals surface area contributed by atoms with E-state index in [1.807, 2.05) is 16.8 Å². The number of hydrogen-bond acceptors (Lipinski definition) is 3. The van der Waals surface area contributed by atoms with Crippen LogP contribution in [0.3, 0.4) is 0 Å². The predicted octanol–water partition coefficient (Wildman–Crippen LogP) is 3.58. The summed E-state index contributed by atoms with van der Waals surface area (Å²) in [5, 5.41) is 3.42. The quantitative estimate of drug-likeness (QED) is 0.760. The van der Waals surface area contributed by atoms with Gasteiger partial charge in [0.05, 0.1) is 6.33 Å². The molecule has 0 amide bonds. The van der Waals surface area contributed by atoms with E-state index in [0.717, 1.165) is 37.4 Å². The van der Waals surface area contributed by atoms with Gasteiger partial charge in [-0.15, -0.1) is 12.4 Å². The van der Waals surface area contributed by atoms with Crippen molar-refractivity contribution in [1.82, 2.24) is 19.8 Å². The molecule has 1 aromatic heterocycles. The fraction of sp³-hybridized carbons (Fsp3) is 0.250. The van der Waals surface area contributed by atoms with Gasteiger partial charge in [-0.25, -0.2) is 9.37 Å². The second-order valence-electron chi connectivity index (χ2n) is 6.38. The van der Waals surface area contributed by atoms with Crippen molar-refractivity contribution in [2.75, 3.05) is 19.6 Å². The zero-order valence-corrected chi connectivity index (χ0v) is 15.2. The standard InChI is InChI=1S/C20H21FN4.ClH/c21-18-3-1-2-17(12-18)20-13-22-8-10-24(20)14-16-4-6-19(7-5-16)25-11-9-23-15-25;/h1-7,9,11-12,15,20,22H,8,10,13-14H2;1H. The van der Waals surface area contributed by atoms with Gasteiger partial charge in [-0.1, -0.05) is 24.3 Å². The largest absolute Gasteiger partial charge is 0.314 e. The highest BCUT2D eigenvalue weighted by Crippen LogP contribution is 2.25. The van der Waals surface area contributed by atoms with Gasteiger partial charge in [0, 0.05) is 50.3 Å². The molecular formula is C20H22ClFN4. The number of hydrogen-bond donors (Lipinski definition) is 1. The van der Waals surface area contributed by atoms with Gasteiger partial charge < -0.3 is 9.88 Å². The van der Waals surface area contributed by atoms with Gasteiger partial charge in [0.2, 0.25) is 0 Å². The second-order valence-corrected chi connectivity index (χ2v) is 6.38. The number of imidazole rings is 1. The van der Waals surface area contributed by atoms with Gasteiger partial charge in [0.25, 0.3) is 0 Å². The van der Waals surface area contributed by atoms with Crippen LogP contribution in [0, 0.1) is 5.82 Å². The molecule has 3 aromatic rings. The topological polar surface area (TPSA) is 33.1 Å². The number of benzene rings is 2. The Balaban J connectivity index is 0.00000196. The van der Waals surface area contributed by atoms with Crippen molar-refractivity contribution < 1.29 is 4.39 Å². The van der Waals surface area contributed by atoms with Gasteiger partial charge in [0.15, 0.2) is 0 Å². The Morgan fingerprint density at radius 3 is 2.73 bits per heavy atom. The van der Waals surface area contributed by atoms with Crippen LogP contribution in [0.1, 0.15) is 17.2 Å². The Hall–Kier alpha value is -2.21. The number of nitrogens with one attached hydrogen (secondary N) is 1. The van der Waals surface area contributed by atoms with Crippen LogP contribution >= 0.6 is 12.4 Å². The lowest BCUT2D eigenvalue weighted by Crippen LogP contribution is -2.45. The third-order valence-electron chi connectivity index (χ3n) is 4.71. The highest BCUT2D eigenvalue weighted by molar-refractivity contribution is 5.85. The maximum absolute atomic E-state index is 13.6. The van der Waals surface area contributed by atoms with Crippen LogP contribution < -0.4 is 5.32 Å². The van der Waals surface area contributed by atoms with E-state index < -0.39 is 0 Å². The SMILES string of the molecule is Cl.Fc1cccc(C2CNCCN2Cc2ccc(-n3ccnc3)cc2)c1. The lowest BCUT2D eigenvalue weighted by Gasteiger charge is -2.36. The first-order chi connectivity index (χ1) is 12.3. The van der Waals surface area contributed by atoms with Crippen molar-refractivity contribution in [2.24, 2.45) is 0 Å². The van der Waals surface area contributed by atoms with E-state index in [0.29, 0.717) is 0 Å². The zero-order chi connectivity index (χ0) is 17.1. The molecule has 0 saturated carbocycles. The van der Waals surface area contributed by atoms with E-state index in [4.69, 9.17) is 0 Å². The average molecular weight is 373 g/mol. The molecule has 1 saturated heterocycles. The van der Waals surface area contributed by atoms with Crippen molar-refractivity contribution in [3.8, 4) is 5.69 Å². The first-order valence-corrected chi connectivity index (χ1v) is 8.57. The van der Waals surface area contributed by atoms with Crippen molar-refractivity contribution >= 4 is 12.4 Å². The monoisotopic (exact) mass is 372 g/mol. The Bertz CT molecular complexity index is 820. The summed E-state index contributed by atoms with van der Waals surface area (Å²) in [6, 6.07) is 15.7. The van der Waals surface area contributed by atoms with Gasteiger partial charge in [-0.3, -0.25) is 4.90 Å². The minimum Gasteiger partial charge on any atom is -0.314 e. The minimum absolute atomic E-state index is 0. The van der Waals surface area contributed by atoms with Gasteiger partial charge in [-0.2, -0.15) is 0 Å². The number of rotatable bonds is 4. The smallest absolute Gasteiger partial charge is 0.123 e. The van der Waals surface area contributed by atoms with Crippen molar-refractivity contribution in [2.45, 2.75) is 12.6 Å². The maximum atomic E-state index is 13.6. The third-order valence-corrected chi connectivity index (χ3v) is 4.71. The fourth-order valence-electron chi connectivity index (χ4n) is 3.40. The van der Waals surface area contributed by atoms with Crippen LogP contribution in [0.4, 0.5) is 4.39 Å². The Morgan fingerprint density at radius 1 is 1.15 bits per heavy atom. The molecule has 4 nitrogen and oxygen atoms in total. The van der Waals surface area contributed by atoms with Crippen molar-refractivity contribution in [3.63, 3.8) is 0 Å². The van der Waals surface area contributed by atoms with Crippen LogP contribution in [0.2, 0.25) is 0 Å². The molecule has 1 fully saturated rings. The normalized spacial score (nSPS) is 17.7. The Labute approximate surface area is 159 Å². The number of nitrogens with zero attached hydrogens (tertiary/aromatic N) is 3. The van der Waals surface area contributed by atoms with Gasteiger partial charge >= 0.3 is 0 Å². The molecular weight excluding hydrogens is 351 g/mol. The Morgan fingerprint density at radius 2 is 2.00 bits per heavy atom. The maximum Gasteiger partial charge on any atom is 0.123 e. The fourth-order valence-corrected chi connectivity index (χ4v) is 3.40. The summed E-state index contributed by atoms with van der Waals surface area (Å²) in [5.41, 5.74) is 3.39. The molecule has 2 aromatic carbocycles. The van der Waals surface area contributed by atoms with E-state index in [9.17, 15) is 4.39 Å². The van der Waals surface area contributed by atoms with E-state index in [1.54, 1.807) is 24.7 Å². The second kappa shape index (κ2) is 8.45. The van der Waals surface area contributed by atoms with Gasteiger partial charge in [-0.05, 0) is 35.4 Å².